The maximum Gasteiger partial charge on any atom is 0.167 e. The fraction of sp³-hybridized carbons (Fsp3) is 0.615. The molecule has 102 valence electrons. The first-order valence-electron chi connectivity index (χ1n) is 6.82. The maximum atomic E-state index is 4.65. The summed E-state index contributed by atoms with van der Waals surface area (Å²) in [5.41, 5.74) is 1.18. The molecule has 1 aliphatic heterocycles. The van der Waals surface area contributed by atoms with Gasteiger partial charge in [-0.15, -0.1) is 11.3 Å². The predicted octanol–water partition coefficient (Wildman–Crippen LogP) is 2.47. The van der Waals surface area contributed by atoms with Gasteiger partial charge in [-0.2, -0.15) is 5.10 Å². The fourth-order valence-corrected chi connectivity index (χ4v) is 3.34. The highest BCUT2D eigenvalue weighted by Crippen LogP contribution is 2.31. The van der Waals surface area contributed by atoms with E-state index in [1.165, 1.54) is 17.1 Å². The number of thiazole rings is 1. The smallest absolute Gasteiger partial charge is 0.167 e. The Bertz CT molecular complexity index is 547. The summed E-state index contributed by atoms with van der Waals surface area (Å²) in [6.07, 6.45) is 3.37. The number of aryl methyl sites for hydroxylation is 2. The van der Waals surface area contributed by atoms with Crippen LogP contribution in [0, 0.1) is 6.92 Å². The van der Waals surface area contributed by atoms with Gasteiger partial charge in [0.25, 0.3) is 0 Å². The largest absolute Gasteiger partial charge is 0.287 e. The monoisotopic (exact) mass is 277 g/mol. The number of nitrogens with zero attached hydrogens (tertiary/aromatic N) is 4. The molecule has 2 aromatic heterocycles. The van der Waals surface area contributed by atoms with Crippen LogP contribution in [0.3, 0.4) is 0 Å². The molecule has 0 unspecified atom stereocenters. The first-order valence-corrected chi connectivity index (χ1v) is 7.70. The summed E-state index contributed by atoms with van der Waals surface area (Å²) in [7, 11) is 0. The molecule has 1 aliphatic rings. The molecule has 1 fully saturated rings. The SMILES string of the molecule is CCc1nc(CN2CCC[C@H]2c2n[nH]c(C)n2)cs1. The normalized spacial score (nSPS) is 20.2. The van der Waals surface area contributed by atoms with Crippen LogP contribution in [0.1, 0.15) is 48.2 Å². The zero-order chi connectivity index (χ0) is 13.2. The van der Waals surface area contributed by atoms with Gasteiger partial charge in [0.05, 0.1) is 16.7 Å². The molecule has 1 saturated heterocycles. The van der Waals surface area contributed by atoms with Gasteiger partial charge in [-0.05, 0) is 32.7 Å². The molecule has 0 bridgehead atoms. The molecule has 0 aromatic carbocycles. The fourth-order valence-electron chi connectivity index (χ4n) is 2.61. The summed E-state index contributed by atoms with van der Waals surface area (Å²) in [5, 5.41) is 10.7. The minimum atomic E-state index is 0.344. The number of likely N-dealkylation sites (tertiary alicyclic amines) is 1. The van der Waals surface area contributed by atoms with Gasteiger partial charge in [0.2, 0.25) is 0 Å². The Morgan fingerprint density at radius 3 is 3.05 bits per heavy atom. The second kappa shape index (κ2) is 5.38. The Balaban J connectivity index is 1.72. The zero-order valence-corrected chi connectivity index (χ0v) is 12.2. The third kappa shape index (κ3) is 2.69. The van der Waals surface area contributed by atoms with Gasteiger partial charge in [0.15, 0.2) is 5.82 Å². The number of aromatic nitrogens is 4. The third-order valence-electron chi connectivity index (χ3n) is 3.54. The Kier molecular flexibility index (Phi) is 3.61. The molecule has 0 aliphatic carbocycles. The van der Waals surface area contributed by atoms with Crippen molar-refractivity contribution in [2.75, 3.05) is 6.54 Å². The van der Waals surface area contributed by atoms with E-state index in [9.17, 15) is 0 Å². The van der Waals surface area contributed by atoms with E-state index >= 15 is 0 Å². The maximum absolute atomic E-state index is 4.65. The molecule has 0 saturated carbocycles. The van der Waals surface area contributed by atoms with Crippen molar-refractivity contribution in [1.29, 1.82) is 0 Å². The van der Waals surface area contributed by atoms with Crippen molar-refractivity contribution in [3.05, 3.63) is 27.7 Å². The van der Waals surface area contributed by atoms with E-state index in [2.05, 4.69) is 37.4 Å². The van der Waals surface area contributed by atoms with Crippen LogP contribution in [0.5, 0.6) is 0 Å². The van der Waals surface area contributed by atoms with Crippen LogP contribution in [-0.4, -0.2) is 31.6 Å². The number of hydrogen-bond acceptors (Lipinski definition) is 5. The Hall–Kier alpha value is -1.27. The molecular weight excluding hydrogens is 258 g/mol. The molecule has 2 aromatic rings. The average molecular weight is 277 g/mol. The van der Waals surface area contributed by atoms with E-state index in [0.29, 0.717) is 6.04 Å². The number of aromatic amines is 1. The van der Waals surface area contributed by atoms with Crippen LogP contribution in [0.4, 0.5) is 0 Å². The van der Waals surface area contributed by atoms with Gasteiger partial charge in [-0.3, -0.25) is 10.00 Å². The molecule has 1 N–H and O–H groups in total. The second-order valence-corrected chi connectivity index (χ2v) is 5.94. The van der Waals surface area contributed by atoms with Gasteiger partial charge < -0.3 is 0 Å². The standard InChI is InChI=1S/C13H19N5S/c1-3-12-15-10(8-19-12)7-18-6-4-5-11(18)13-14-9(2)16-17-13/h8,11H,3-7H2,1-2H3,(H,14,16,17)/t11-/m0/s1. The highest BCUT2D eigenvalue weighted by Gasteiger charge is 2.29. The van der Waals surface area contributed by atoms with Gasteiger partial charge in [0, 0.05) is 11.9 Å². The number of H-pyrrole nitrogens is 1. The first-order chi connectivity index (χ1) is 9.26. The highest BCUT2D eigenvalue weighted by molar-refractivity contribution is 7.09. The molecule has 1 atom stereocenters. The average Bonchev–Trinajstić information content (AvgIpc) is 3.10. The summed E-state index contributed by atoms with van der Waals surface area (Å²) in [5.74, 6) is 1.82. The van der Waals surface area contributed by atoms with Gasteiger partial charge in [-0.25, -0.2) is 9.97 Å². The van der Waals surface area contributed by atoms with E-state index in [1.54, 1.807) is 11.3 Å². The van der Waals surface area contributed by atoms with Gasteiger partial charge in [0.1, 0.15) is 5.82 Å². The van der Waals surface area contributed by atoms with Crippen molar-refractivity contribution in [3.8, 4) is 0 Å². The van der Waals surface area contributed by atoms with Crippen molar-refractivity contribution in [1.82, 2.24) is 25.1 Å². The van der Waals surface area contributed by atoms with Crippen molar-refractivity contribution < 1.29 is 0 Å². The summed E-state index contributed by atoms with van der Waals surface area (Å²) in [6, 6.07) is 0.344. The van der Waals surface area contributed by atoms with Crippen LogP contribution in [0.25, 0.3) is 0 Å². The first kappa shape index (κ1) is 12.7. The lowest BCUT2D eigenvalue weighted by molar-refractivity contribution is 0.237. The number of rotatable bonds is 4. The lowest BCUT2D eigenvalue weighted by Gasteiger charge is -2.20. The van der Waals surface area contributed by atoms with E-state index in [-0.39, 0.29) is 0 Å². The van der Waals surface area contributed by atoms with Gasteiger partial charge in [-0.1, -0.05) is 6.92 Å². The molecule has 0 radical (unpaired) electrons. The van der Waals surface area contributed by atoms with Gasteiger partial charge >= 0.3 is 0 Å². The van der Waals surface area contributed by atoms with E-state index in [0.717, 1.165) is 37.6 Å². The van der Waals surface area contributed by atoms with Crippen molar-refractivity contribution in [3.63, 3.8) is 0 Å². The number of nitrogens with one attached hydrogen (secondary N) is 1. The highest BCUT2D eigenvalue weighted by atomic mass is 32.1. The molecular formula is C13H19N5S. The lowest BCUT2D eigenvalue weighted by atomic mass is 10.2. The number of hydrogen-bond donors (Lipinski definition) is 1. The Labute approximate surface area is 117 Å². The molecule has 0 amide bonds. The molecule has 19 heavy (non-hydrogen) atoms. The zero-order valence-electron chi connectivity index (χ0n) is 11.4. The summed E-state index contributed by atoms with van der Waals surface area (Å²) in [6.45, 7) is 6.12. The minimum absolute atomic E-state index is 0.344. The van der Waals surface area contributed by atoms with E-state index < -0.39 is 0 Å². The van der Waals surface area contributed by atoms with Crippen molar-refractivity contribution in [2.24, 2.45) is 0 Å². The molecule has 0 spiro atoms. The van der Waals surface area contributed by atoms with Crippen molar-refractivity contribution in [2.45, 2.75) is 45.7 Å². The van der Waals surface area contributed by atoms with Crippen LogP contribution in [0.15, 0.2) is 5.38 Å². The second-order valence-electron chi connectivity index (χ2n) is 4.99. The third-order valence-corrected chi connectivity index (χ3v) is 4.59. The Morgan fingerprint density at radius 1 is 1.47 bits per heavy atom. The van der Waals surface area contributed by atoms with Crippen molar-refractivity contribution >= 4 is 11.3 Å². The minimum Gasteiger partial charge on any atom is -0.287 e. The summed E-state index contributed by atoms with van der Waals surface area (Å²) >= 11 is 1.76. The quantitative estimate of drug-likeness (QED) is 0.932. The molecule has 3 heterocycles. The molecule has 6 heteroatoms. The molecule has 3 rings (SSSR count). The van der Waals surface area contributed by atoms with Crippen LogP contribution in [0.2, 0.25) is 0 Å². The predicted molar refractivity (Wildman–Crippen MR) is 75.0 cm³/mol. The summed E-state index contributed by atoms with van der Waals surface area (Å²) in [4.78, 5) is 11.6. The Morgan fingerprint density at radius 2 is 2.37 bits per heavy atom. The molecule has 5 nitrogen and oxygen atoms in total. The van der Waals surface area contributed by atoms with E-state index in [1.807, 2.05) is 6.92 Å². The lowest BCUT2D eigenvalue weighted by Crippen LogP contribution is -2.23. The van der Waals surface area contributed by atoms with Crippen LogP contribution < -0.4 is 0 Å². The van der Waals surface area contributed by atoms with Crippen LogP contribution >= 0.6 is 11.3 Å². The van der Waals surface area contributed by atoms with Crippen LogP contribution in [-0.2, 0) is 13.0 Å². The summed E-state index contributed by atoms with van der Waals surface area (Å²) < 4.78 is 0. The topological polar surface area (TPSA) is 57.7 Å². The van der Waals surface area contributed by atoms with E-state index in [4.69, 9.17) is 0 Å².